The molecule has 0 aliphatic carbocycles. The summed E-state index contributed by atoms with van der Waals surface area (Å²) in [7, 11) is 0. The third-order valence-electron chi connectivity index (χ3n) is 5.41. The molecule has 2 aromatic rings. The first-order chi connectivity index (χ1) is 14.4. The Morgan fingerprint density at radius 2 is 1.73 bits per heavy atom. The van der Waals surface area contributed by atoms with Crippen LogP contribution in [0.1, 0.15) is 5.56 Å². The number of benzene rings is 2. The minimum absolute atomic E-state index is 0.0601. The molecule has 2 heterocycles. The lowest BCUT2D eigenvalue weighted by Crippen LogP contribution is -2.66. The van der Waals surface area contributed by atoms with Gasteiger partial charge in [-0.15, -0.1) is 0 Å². The number of carbonyl (C=O) groups is 1. The summed E-state index contributed by atoms with van der Waals surface area (Å²) in [6, 6.07) is 14.8. The summed E-state index contributed by atoms with van der Waals surface area (Å²) in [5, 5.41) is 0. The number of nitrogens with zero attached hydrogens (tertiary/aromatic N) is 2. The molecule has 0 radical (unpaired) electrons. The number of ether oxygens (including phenoxy) is 2. The van der Waals surface area contributed by atoms with Crippen molar-refractivity contribution in [2.24, 2.45) is 0 Å². The topological polar surface area (TPSA) is 42.0 Å². The average molecular weight is 420 g/mol. The maximum absolute atomic E-state index is 14.6. The van der Waals surface area contributed by atoms with Gasteiger partial charge in [0.15, 0.2) is 0 Å². The van der Waals surface area contributed by atoms with Crippen molar-refractivity contribution in [2.45, 2.75) is 18.1 Å². The van der Waals surface area contributed by atoms with Crippen molar-refractivity contribution in [3.05, 3.63) is 66.0 Å². The van der Waals surface area contributed by atoms with Crippen molar-refractivity contribution in [1.29, 1.82) is 0 Å². The Hall–Kier alpha value is -2.42. The van der Waals surface area contributed by atoms with Gasteiger partial charge in [0, 0.05) is 25.3 Å². The smallest absolute Gasteiger partial charge is 0.377 e. The van der Waals surface area contributed by atoms with Crippen LogP contribution in [0.15, 0.2) is 54.6 Å². The first-order valence-corrected chi connectivity index (χ1v) is 9.87. The van der Waals surface area contributed by atoms with Crippen LogP contribution in [0, 0.1) is 5.82 Å². The van der Waals surface area contributed by atoms with E-state index in [0.717, 1.165) is 29.0 Å². The Kier molecular flexibility index (Phi) is 5.81. The first-order valence-electron chi connectivity index (χ1n) is 9.87. The average Bonchev–Trinajstić information content (AvgIpc) is 2.92. The molecule has 0 aromatic heterocycles. The molecule has 1 spiro atoms. The van der Waals surface area contributed by atoms with Gasteiger partial charge in [-0.2, -0.15) is 8.78 Å². The van der Waals surface area contributed by atoms with E-state index in [9.17, 15) is 18.0 Å². The Bertz CT molecular complexity index is 879. The molecule has 2 aliphatic heterocycles. The van der Waals surface area contributed by atoms with E-state index in [2.05, 4.69) is 0 Å². The van der Waals surface area contributed by atoms with Gasteiger partial charge in [0.2, 0.25) is 0 Å². The van der Waals surface area contributed by atoms with Gasteiger partial charge in [-0.3, -0.25) is 9.69 Å². The van der Waals surface area contributed by atoms with Crippen LogP contribution in [-0.4, -0.2) is 61.9 Å². The van der Waals surface area contributed by atoms with Crippen molar-refractivity contribution in [3.63, 3.8) is 0 Å². The monoisotopic (exact) mass is 420 g/mol. The lowest BCUT2D eigenvalue weighted by molar-refractivity contribution is -0.293. The molecule has 0 N–H and O–H groups in total. The van der Waals surface area contributed by atoms with Crippen LogP contribution < -0.4 is 4.90 Å². The lowest BCUT2D eigenvalue weighted by atomic mass is 10.00. The zero-order chi connectivity index (χ0) is 21.2. The number of anilines is 1. The molecular formula is C22H23F3N2O3. The van der Waals surface area contributed by atoms with Crippen LogP contribution in [-0.2, 0) is 20.7 Å². The maximum Gasteiger partial charge on any atom is 0.437 e. The third kappa shape index (κ3) is 4.50. The van der Waals surface area contributed by atoms with Gasteiger partial charge in [0.25, 0.3) is 0 Å². The molecule has 160 valence electrons. The Morgan fingerprint density at radius 3 is 2.47 bits per heavy atom. The van der Waals surface area contributed by atoms with E-state index in [1.54, 1.807) is 0 Å². The van der Waals surface area contributed by atoms with Gasteiger partial charge in [0.05, 0.1) is 19.8 Å². The predicted molar refractivity (Wildman–Crippen MR) is 105 cm³/mol. The number of amides is 1. The van der Waals surface area contributed by atoms with Crippen LogP contribution in [0.3, 0.4) is 0 Å². The lowest BCUT2D eigenvalue weighted by Gasteiger charge is -2.45. The molecule has 1 unspecified atom stereocenters. The summed E-state index contributed by atoms with van der Waals surface area (Å²) in [5.41, 5.74) is -0.0440. The summed E-state index contributed by atoms with van der Waals surface area (Å²) in [6.07, 6.45) is -3.24. The molecule has 2 aliphatic rings. The quantitative estimate of drug-likeness (QED) is 0.763. The molecule has 0 bridgehead atoms. The Balaban J connectivity index is 1.55. The molecule has 0 saturated carbocycles. The van der Waals surface area contributed by atoms with E-state index in [0.29, 0.717) is 19.7 Å². The molecular weight excluding hydrogens is 397 g/mol. The van der Waals surface area contributed by atoms with Crippen molar-refractivity contribution < 1.29 is 27.4 Å². The van der Waals surface area contributed by atoms with Crippen LogP contribution >= 0.6 is 0 Å². The van der Waals surface area contributed by atoms with Crippen molar-refractivity contribution in [2.75, 3.05) is 44.3 Å². The second kappa shape index (κ2) is 8.37. The van der Waals surface area contributed by atoms with Crippen LogP contribution in [0.2, 0.25) is 0 Å². The highest BCUT2D eigenvalue weighted by Gasteiger charge is 2.58. The van der Waals surface area contributed by atoms with Gasteiger partial charge >= 0.3 is 12.0 Å². The number of alkyl halides is 2. The van der Waals surface area contributed by atoms with Gasteiger partial charge in [-0.1, -0.05) is 30.3 Å². The minimum atomic E-state index is -3.99. The number of halogens is 3. The molecule has 2 aromatic carbocycles. The number of carbonyl (C=O) groups excluding carboxylic acids is 1. The normalized spacial score (nSPS) is 24.8. The SMILES string of the molecule is O=C1N(c2ccc(F)cc2)CC2(COCCN(CCc3ccccc3)C2)OC1(F)F. The van der Waals surface area contributed by atoms with Gasteiger partial charge < -0.3 is 14.4 Å². The Morgan fingerprint density at radius 1 is 1.00 bits per heavy atom. The summed E-state index contributed by atoms with van der Waals surface area (Å²) in [4.78, 5) is 15.3. The molecule has 2 saturated heterocycles. The number of hydrogen-bond acceptors (Lipinski definition) is 4. The maximum atomic E-state index is 14.6. The second-order valence-electron chi connectivity index (χ2n) is 7.73. The highest BCUT2D eigenvalue weighted by molar-refractivity contribution is 5.98. The molecule has 1 amide bonds. The third-order valence-corrected chi connectivity index (χ3v) is 5.41. The number of morpholine rings is 1. The summed E-state index contributed by atoms with van der Waals surface area (Å²) >= 11 is 0. The summed E-state index contributed by atoms with van der Waals surface area (Å²) in [6.45, 7) is 1.64. The molecule has 8 heteroatoms. The standard InChI is InChI=1S/C22H23F3N2O3/c23-18-6-8-19(9-7-18)27-15-21(30-22(24,25)20(27)28)14-26(12-13-29-16-21)11-10-17-4-2-1-3-5-17/h1-9H,10-16H2. The highest BCUT2D eigenvalue weighted by atomic mass is 19.3. The van der Waals surface area contributed by atoms with E-state index < -0.39 is 23.4 Å². The first kappa shape index (κ1) is 20.8. The molecule has 2 fully saturated rings. The molecule has 4 rings (SSSR count). The molecule has 1 atom stereocenters. The Labute approximate surface area is 173 Å². The van der Waals surface area contributed by atoms with Crippen molar-refractivity contribution in [1.82, 2.24) is 4.90 Å². The summed E-state index contributed by atoms with van der Waals surface area (Å²) < 4.78 is 53.2. The van der Waals surface area contributed by atoms with E-state index in [1.807, 2.05) is 35.2 Å². The minimum Gasteiger partial charge on any atom is -0.377 e. The fourth-order valence-electron chi connectivity index (χ4n) is 3.96. The van der Waals surface area contributed by atoms with Crippen LogP contribution in [0.25, 0.3) is 0 Å². The van der Waals surface area contributed by atoms with E-state index in [-0.39, 0.29) is 25.4 Å². The van der Waals surface area contributed by atoms with Crippen LogP contribution in [0.4, 0.5) is 18.9 Å². The molecule has 5 nitrogen and oxygen atoms in total. The second-order valence-corrected chi connectivity index (χ2v) is 7.73. The van der Waals surface area contributed by atoms with Gasteiger partial charge in [0.1, 0.15) is 11.4 Å². The summed E-state index contributed by atoms with van der Waals surface area (Å²) in [5.74, 6) is -1.97. The van der Waals surface area contributed by atoms with Gasteiger partial charge in [-0.25, -0.2) is 4.39 Å². The zero-order valence-electron chi connectivity index (χ0n) is 16.4. The van der Waals surface area contributed by atoms with E-state index in [1.165, 1.54) is 12.1 Å². The number of rotatable bonds is 4. The largest absolute Gasteiger partial charge is 0.437 e. The predicted octanol–water partition coefficient (Wildman–Crippen LogP) is 3.10. The molecule has 30 heavy (non-hydrogen) atoms. The fraction of sp³-hybridized carbons (Fsp3) is 0.409. The van der Waals surface area contributed by atoms with Crippen molar-refractivity contribution in [3.8, 4) is 0 Å². The van der Waals surface area contributed by atoms with E-state index in [4.69, 9.17) is 9.47 Å². The zero-order valence-corrected chi connectivity index (χ0v) is 16.4. The number of hydrogen-bond donors (Lipinski definition) is 0. The van der Waals surface area contributed by atoms with E-state index >= 15 is 0 Å². The van der Waals surface area contributed by atoms with Crippen LogP contribution in [0.5, 0.6) is 0 Å². The van der Waals surface area contributed by atoms with Gasteiger partial charge in [-0.05, 0) is 36.2 Å². The highest BCUT2D eigenvalue weighted by Crippen LogP contribution is 2.36. The fourth-order valence-corrected chi connectivity index (χ4v) is 3.96. The van der Waals surface area contributed by atoms with Crippen molar-refractivity contribution >= 4 is 11.6 Å².